The van der Waals surface area contributed by atoms with Gasteiger partial charge in [-0.05, 0) is 38.5 Å². The quantitative estimate of drug-likeness (QED) is 0.164. The van der Waals surface area contributed by atoms with Crippen LogP contribution in [0.2, 0.25) is 0 Å². The highest BCUT2D eigenvalue weighted by Crippen LogP contribution is 2.31. The first-order valence-electron chi connectivity index (χ1n) is 14.7. The van der Waals surface area contributed by atoms with E-state index in [2.05, 4.69) is 28.4 Å². The van der Waals surface area contributed by atoms with E-state index in [0.717, 1.165) is 33.4 Å². The molecule has 230 valence electrons. The number of imidazole rings is 1. The fourth-order valence-corrected chi connectivity index (χ4v) is 5.98. The van der Waals surface area contributed by atoms with Crippen molar-refractivity contribution in [2.24, 2.45) is 0 Å². The lowest BCUT2D eigenvalue weighted by atomic mass is 10.1. The minimum atomic E-state index is -1.29. The zero-order chi connectivity index (χ0) is 31.1. The average molecular weight is 591 g/mol. The fraction of sp³-hybridized carbons (Fsp3) is 0.438. The first kappa shape index (κ1) is 31.9. The number of nitrogens with zero attached hydrogens (tertiary/aromatic N) is 5. The SMILES string of the molecule is CCN(CC)[N+](CCCn1c(CCOC)nc2c(N)nc3ccccc3c21)(Cc1cccc(OCC(=O)[O-])c1C)C(C)=O. The summed E-state index contributed by atoms with van der Waals surface area (Å²) >= 11 is 0. The number of nitrogen functional groups attached to an aromatic ring is 1. The van der Waals surface area contributed by atoms with Crippen LogP contribution < -0.4 is 15.6 Å². The number of carboxylic acid groups (broad SMARTS) is 1. The Bertz CT molecular complexity index is 1600. The largest absolute Gasteiger partial charge is 0.546 e. The van der Waals surface area contributed by atoms with Crippen LogP contribution in [0.4, 0.5) is 5.82 Å². The summed E-state index contributed by atoms with van der Waals surface area (Å²) < 4.78 is 13.2. The van der Waals surface area contributed by atoms with Crippen LogP contribution in [0.25, 0.3) is 21.9 Å². The molecule has 1 unspecified atom stereocenters. The Morgan fingerprint density at radius 3 is 2.51 bits per heavy atom. The summed E-state index contributed by atoms with van der Waals surface area (Å²) in [6.07, 6.45) is 1.29. The lowest BCUT2D eigenvalue weighted by molar-refractivity contribution is -0.980. The van der Waals surface area contributed by atoms with E-state index in [0.29, 0.717) is 69.3 Å². The number of hydrogen-bond acceptors (Lipinski definition) is 9. The topological polar surface area (TPSA) is 136 Å². The minimum Gasteiger partial charge on any atom is -0.546 e. The van der Waals surface area contributed by atoms with Crippen molar-refractivity contribution in [2.75, 3.05) is 45.7 Å². The third kappa shape index (κ3) is 6.64. The van der Waals surface area contributed by atoms with Gasteiger partial charge in [0.15, 0.2) is 5.82 Å². The lowest BCUT2D eigenvalue weighted by Gasteiger charge is -2.43. The molecular weight excluding hydrogens is 548 g/mol. The number of nitrogens with two attached hydrogens (primary N) is 1. The zero-order valence-electron chi connectivity index (χ0n) is 25.8. The maximum absolute atomic E-state index is 13.6. The number of aryl methyl sites for hydroxylation is 1. The molecule has 0 bridgehead atoms. The number of methoxy groups -OCH3 is 1. The number of pyridine rings is 1. The maximum atomic E-state index is 13.6. The number of aromatic nitrogens is 3. The van der Waals surface area contributed by atoms with Crippen LogP contribution in [0.15, 0.2) is 42.5 Å². The van der Waals surface area contributed by atoms with Crippen molar-refractivity contribution in [1.29, 1.82) is 0 Å². The molecular formula is C32H42N6O5. The summed E-state index contributed by atoms with van der Waals surface area (Å²) in [4.78, 5) is 34.1. The van der Waals surface area contributed by atoms with Gasteiger partial charge in [-0.3, -0.25) is 0 Å². The van der Waals surface area contributed by atoms with Gasteiger partial charge in [-0.15, -0.1) is 5.01 Å². The molecule has 4 aromatic rings. The number of amides is 1. The van der Waals surface area contributed by atoms with Crippen molar-refractivity contribution in [3.05, 3.63) is 59.4 Å². The summed E-state index contributed by atoms with van der Waals surface area (Å²) in [5, 5.41) is 14.2. The van der Waals surface area contributed by atoms with E-state index in [9.17, 15) is 14.7 Å². The van der Waals surface area contributed by atoms with E-state index < -0.39 is 12.6 Å². The van der Waals surface area contributed by atoms with Crippen molar-refractivity contribution in [1.82, 2.24) is 19.5 Å². The predicted octanol–water partition coefficient (Wildman–Crippen LogP) is 3.00. The van der Waals surface area contributed by atoms with Gasteiger partial charge in [0.2, 0.25) is 0 Å². The zero-order valence-corrected chi connectivity index (χ0v) is 25.8. The second kappa shape index (κ2) is 13.9. The van der Waals surface area contributed by atoms with Gasteiger partial charge >= 0.3 is 5.91 Å². The van der Waals surface area contributed by atoms with E-state index in [1.807, 2.05) is 43.3 Å². The molecule has 0 saturated heterocycles. The summed E-state index contributed by atoms with van der Waals surface area (Å²) in [7, 11) is 1.67. The maximum Gasteiger partial charge on any atom is 0.330 e. The number of rotatable bonds is 15. The Labute approximate surface area is 252 Å². The van der Waals surface area contributed by atoms with E-state index in [4.69, 9.17) is 20.2 Å². The van der Waals surface area contributed by atoms with Gasteiger partial charge in [0, 0.05) is 50.5 Å². The summed E-state index contributed by atoms with van der Waals surface area (Å²) in [6.45, 7) is 10.5. The van der Waals surface area contributed by atoms with Crippen molar-refractivity contribution in [3.8, 4) is 5.75 Å². The highest BCUT2D eigenvalue weighted by atomic mass is 16.5. The van der Waals surface area contributed by atoms with Crippen LogP contribution >= 0.6 is 0 Å². The summed E-state index contributed by atoms with van der Waals surface area (Å²) in [6, 6.07) is 13.4. The third-order valence-electron chi connectivity index (χ3n) is 8.16. The van der Waals surface area contributed by atoms with Crippen molar-refractivity contribution >= 4 is 39.6 Å². The van der Waals surface area contributed by atoms with Crippen molar-refractivity contribution in [2.45, 2.75) is 53.6 Å². The molecule has 2 aromatic heterocycles. The predicted molar refractivity (Wildman–Crippen MR) is 164 cm³/mol. The first-order valence-corrected chi connectivity index (χ1v) is 14.7. The Morgan fingerprint density at radius 2 is 1.84 bits per heavy atom. The van der Waals surface area contributed by atoms with Gasteiger partial charge in [-0.2, -0.15) is 4.59 Å². The first-order chi connectivity index (χ1) is 20.7. The second-order valence-corrected chi connectivity index (χ2v) is 10.7. The van der Waals surface area contributed by atoms with Crippen LogP contribution in [0.3, 0.4) is 0 Å². The third-order valence-corrected chi connectivity index (χ3v) is 8.16. The van der Waals surface area contributed by atoms with Crippen LogP contribution in [-0.4, -0.2) is 76.0 Å². The Kier molecular flexibility index (Phi) is 10.3. The van der Waals surface area contributed by atoms with Gasteiger partial charge in [-0.1, -0.05) is 30.3 Å². The second-order valence-electron chi connectivity index (χ2n) is 10.7. The van der Waals surface area contributed by atoms with E-state index in [1.54, 1.807) is 20.1 Å². The molecule has 1 amide bonds. The van der Waals surface area contributed by atoms with Gasteiger partial charge in [0.1, 0.15) is 36.8 Å². The van der Waals surface area contributed by atoms with Crippen LogP contribution in [0, 0.1) is 6.92 Å². The monoisotopic (exact) mass is 590 g/mol. The van der Waals surface area contributed by atoms with E-state index in [1.165, 1.54) is 0 Å². The lowest BCUT2D eigenvalue weighted by Crippen LogP contribution is -2.62. The molecule has 4 rings (SSSR count). The smallest absolute Gasteiger partial charge is 0.330 e. The van der Waals surface area contributed by atoms with Crippen molar-refractivity contribution in [3.63, 3.8) is 0 Å². The number of anilines is 1. The van der Waals surface area contributed by atoms with E-state index in [-0.39, 0.29) is 10.5 Å². The fourth-order valence-electron chi connectivity index (χ4n) is 5.98. The highest BCUT2D eigenvalue weighted by Gasteiger charge is 2.40. The molecule has 2 aromatic carbocycles. The molecule has 2 heterocycles. The molecule has 0 spiro atoms. The number of para-hydroxylation sites is 1. The number of benzene rings is 2. The standard InChI is InChI=1S/C32H42N6O5/c1-6-36(7-2)38(23(4)39,20-24-12-10-15-27(22(24)3)43-21-29(40)41)18-11-17-37-28(16-19-42-5)35-30-31(37)25-13-8-9-14-26(25)34-32(30)33/h8-10,12-15H,6-7,11,16-21H2,1-5H3,(H2-,33,34,40,41). The van der Waals surface area contributed by atoms with Crippen LogP contribution in [-0.2, 0) is 33.8 Å². The molecule has 0 aliphatic heterocycles. The molecule has 1 atom stereocenters. The van der Waals surface area contributed by atoms with Gasteiger partial charge in [0.25, 0.3) is 0 Å². The molecule has 43 heavy (non-hydrogen) atoms. The number of fused-ring (bicyclic) bond motifs is 3. The van der Waals surface area contributed by atoms with Crippen LogP contribution in [0.5, 0.6) is 5.75 Å². The normalized spacial score (nSPS) is 13.1. The summed E-state index contributed by atoms with van der Waals surface area (Å²) in [5.41, 5.74) is 10.5. The summed E-state index contributed by atoms with van der Waals surface area (Å²) in [5.74, 6) is 0.453. The number of aliphatic carboxylic acids is 1. The highest BCUT2D eigenvalue weighted by molar-refractivity contribution is 6.06. The van der Waals surface area contributed by atoms with Gasteiger partial charge < -0.3 is 29.7 Å². The number of carboxylic acids is 1. The van der Waals surface area contributed by atoms with Crippen molar-refractivity contribution < 1.29 is 28.8 Å². The Balaban J connectivity index is 1.72. The molecule has 0 radical (unpaired) electrons. The van der Waals surface area contributed by atoms with Gasteiger partial charge in [-0.25, -0.2) is 14.8 Å². The Morgan fingerprint density at radius 1 is 1.09 bits per heavy atom. The van der Waals surface area contributed by atoms with Gasteiger partial charge in [0.05, 0.1) is 30.5 Å². The minimum absolute atomic E-state index is 0.0261. The number of carbonyl (C=O) groups excluding carboxylic acids is 2. The molecule has 0 aliphatic carbocycles. The van der Waals surface area contributed by atoms with Crippen LogP contribution in [0.1, 0.15) is 44.1 Å². The molecule has 0 saturated carbocycles. The molecule has 11 nitrogen and oxygen atoms in total. The number of carbonyl (C=O) groups is 2. The average Bonchev–Trinajstić information content (AvgIpc) is 3.35. The Hall–Kier alpha value is -4.06. The molecule has 11 heteroatoms. The number of quaternary nitrogens is 1. The molecule has 0 fully saturated rings. The van der Waals surface area contributed by atoms with E-state index >= 15 is 0 Å². The number of ether oxygens (including phenoxy) is 2. The number of hydrogen-bond donors (Lipinski definition) is 1. The molecule has 2 N–H and O–H groups in total. The molecule has 0 aliphatic rings.